The first kappa shape index (κ1) is 14.8. The van der Waals surface area contributed by atoms with E-state index in [1.165, 1.54) is 0 Å². The largest absolute Gasteiger partial charge is 0.350 e. The Kier molecular flexibility index (Phi) is 4.48. The summed E-state index contributed by atoms with van der Waals surface area (Å²) in [5, 5.41) is 0.651. The Morgan fingerprint density at radius 1 is 1.19 bits per heavy atom. The maximum atomic E-state index is 12.4. The van der Waals surface area contributed by atoms with E-state index >= 15 is 0 Å². The average molecular weight is 310 g/mol. The molecule has 0 saturated carbocycles. The molecule has 2 fully saturated rings. The molecule has 0 radical (unpaired) electrons. The van der Waals surface area contributed by atoms with Gasteiger partial charge in [-0.05, 0) is 18.1 Å². The Morgan fingerprint density at radius 3 is 2.52 bits per heavy atom. The highest BCUT2D eigenvalue weighted by Gasteiger charge is 2.39. The highest BCUT2D eigenvalue weighted by atomic mass is 35.5. The molecular formula is C16H20ClNO3. The summed E-state index contributed by atoms with van der Waals surface area (Å²) in [6.07, 6.45) is 2.81. The summed E-state index contributed by atoms with van der Waals surface area (Å²) >= 11 is 6.11. The molecule has 5 heteroatoms. The third kappa shape index (κ3) is 3.39. The molecule has 1 spiro atoms. The topological polar surface area (TPSA) is 38.8 Å². The Balaban J connectivity index is 1.57. The molecule has 2 aliphatic rings. The molecule has 1 aromatic rings. The van der Waals surface area contributed by atoms with Gasteiger partial charge in [0.2, 0.25) is 5.91 Å². The van der Waals surface area contributed by atoms with E-state index in [0.29, 0.717) is 24.5 Å². The summed E-state index contributed by atoms with van der Waals surface area (Å²) in [6, 6.07) is 7.50. The van der Waals surface area contributed by atoms with Crippen LogP contribution in [0.5, 0.6) is 0 Å². The number of rotatable bonds is 2. The van der Waals surface area contributed by atoms with Gasteiger partial charge in [-0.15, -0.1) is 0 Å². The summed E-state index contributed by atoms with van der Waals surface area (Å²) in [5.74, 6) is -0.326. The average Bonchev–Trinajstić information content (AvgIpc) is 2.51. The van der Waals surface area contributed by atoms with Crippen molar-refractivity contribution in [3.05, 3.63) is 34.9 Å². The molecule has 0 aromatic heterocycles. The van der Waals surface area contributed by atoms with Gasteiger partial charge in [0, 0.05) is 31.0 Å². The van der Waals surface area contributed by atoms with Crippen LogP contribution in [0.15, 0.2) is 24.3 Å². The number of ether oxygens (including phenoxy) is 2. The number of hydrogen-bond donors (Lipinski definition) is 0. The molecule has 1 aromatic carbocycles. The van der Waals surface area contributed by atoms with Gasteiger partial charge in [0.1, 0.15) is 0 Å². The highest BCUT2D eigenvalue weighted by Crippen LogP contribution is 2.31. The normalized spacial score (nSPS) is 21.5. The fraction of sp³-hybridized carbons (Fsp3) is 0.562. The zero-order valence-corrected chi connectivity index (χ0v) is 12.8. The quantitative estimate of drug-likeness (QED) is 0.843. The summed E-state index contributed by atoms with van der Waals surface area (Å²) in [7, 11) is 0. The van der Waals surface area contributed by atoms with Crippen molar-refractivity contribution in [2.24, 2.45) is 0 Å². The Bertz CT molecular complexity index is 504. The zero-order valence-electron chi connectivity index (χ0n) is 12.0. The van der Waals surface area contributed by atoms with Crippen molar-refractivity contribution < 1.29 is 14.3 Å². The molecule has 0 bridgehead atoms. The van der Waals surface area contributed by atoms with Crippen LogP contribution < -0.4 is 0 Å². The minimum absolute atomic E-state index is 0.119. The van der Waals surface area contributed by atoms with Crippen molar-refractivity contribution in [2.45, 2.75) is 31.5 Å². The second kappa shape index (κ2) is 6.34. The summed E-state index contributed by atoms with van der Waals surface area (Å²) < 4.78 is 11.6. The van der Waals surface area contributed by atoms with Crippen molar-refractivity contribution >= 4 is 17.5 Å². The number of hydrogen-bond acceptors (Lipinski definition) is 3. The van der Waals surface area contributed by atoms with Crippen molar-refractivity contribution in [3.63, 3.8) is 0 Å². The van der Waals surface area contributed by atoms with Crippen LogP contribution in [0.4, 0.5) is 0 Å². The lowest BCUT2D eigenvalue weighted by Gasteiger charge is -2.43. The van der Waals surface area contributed by atoms with Crippen LogP contribution in [-0.4, -0.2) is 42.9 Å². The lowest BCUT2D eigenvalue weighted by atomic mass is 10.0. The SMILES string of the molecule is O=C(Cc1ccccc1Cl)N1CCC2(CC1)OCCCO2. The number of amides is 1. The smallest absolute Gasteiger partial charge is 0.227 e. The number of halogens is 1. The minimum Gasteiger partial charge on any atom is -0.350 e. The maximum Gasteiger partial charge on any atom is 0.227 e. The molecule has 0 atom stereocenters. The van der Waals surface area contributed by atoms with Gasteiger partial charge in [-0.25, -0.2) is 0 Å². The third-order valence-corrected chi connectivity index (χ3v) is 4.57. The molecule has 0 unspecified atom stereocenters. The van der Waals surface area contributed by atoms with Gasteiger partial charge in [0.15, 0.2) is 5.79 Å². The molecule has 114 valence electrons. The van der Waals surface area contributed by atoms with Crippen molar-refractivity contribution in [3.8, 4) is 0 Å². The van der Waals surface area contributed by atoms with Crippen LogP contribution >= 0.6 is 11.6 Å². The lowest BCUT2D eigenvalue weighted by molar-refractivity contribution is -0.282. The molecule has 0 N–H and O–H groups in total. The first-order valence-corrected chi connectivity index (χ1v) is 7.85. The van der Waals surface area contributed by atoms with E-state index < -0.39 is 5.79 Å². The number of carbonyl (C=O) groups excluding carboxylic acids is 1. The lowest BCUT2D eigenvalue weighted by Crippen LogP contribution is -2.51. The minimum atomic E-state index is -0.445. The molecular weight excluding hydrogens is 290 g/mol. The van der Waals surface area contributed by atoms with E-state index in [0.717, 1.165) is 38.0 Å². The fourth-order valence-electron chi connectivity index (χ4n) is 2.92. The van der Waals surface area contributed by atoms with E-state index in [1.54, 1.807) is 0 Å². The number of carbonyl (C=O) groups is 1. The third-order valence-electron chi connectivity index (χ3n) is 4.20. The van der Waals surface area contributed by atoms with E-state index in [1.807, 2.05) is 29.2 Å². The number of nitrogens with zero attached hydrogens (tertiary/aromatic N) is 1. The van der Waals surface area contributed by atoms with E-state index in [2.05, 4.69) is 0 Å². The van der Waals surface area contributed by atoms with E-state index in [4.69, 9.17) is 21.1 Å². The number of benzene rings is 1. The van der Waals surface area contributed by atoms with Gasteiger partial charge in [-0.3, -0.25) is 4.79 Å². The van der Waals surface area contributed by atoms with Gasteiger partial charge < -0.3 is 14.4 Å². The van der Waals surface area contributed by atoms with Crippen LogP contribution in [0.3, 0.4) is 0 Å². The number of piperidine rings is 1. The Labute approximate surface area is 130 Å². The van der Waals surface area contributed by atoms with Crippen molar-refractivity contribution in [1.82, 2.24) is 4.90 Å². The Hall–Kier alpha value is -1.10. The Morgan fingerprint density at radius 2 is 1.86 bits per heavy atom. The second-order valence-electron chi connectivity index (χ2n) is 5.61. The van der Waals surface area contributed by atoms with Gasteiger partial charge in [-0.2, -0.15) is 0 Å². The summed E-state index contributed by atoms with van der Waals surface area (Å²) in [5.41, 5.74) is 0.884. The molecule has 2 saturated heterocycles. The van der Waals surface area contributed by atoms with Crippen LogP contribution in [-0.2, 0) is 20.7 Å². The maximum absolute atomic E-state index is 12.4. The zero-order chi connectivity index (χ0) is 14.7. The number of likely N-dealkylation sites (tertiary alicyclic amines) is 1. The van der Waals surface area contributed by atoms with Gasteiger partial charge in [0.25, 0.3) is 0 Å². The molecule has 21 heavy (non-hydrogen) atoms. The van der Waals surface area contributed by atoms with Crippen LogP contribution in [0.2, 0.25) is 5.02 Å². The first-order chi connectivity index (χ1) is 10.2. The van der Waals surface area contributed by atoms with Gasteiger partial charge >= 0.3 is 0 Å². The standard InChI is InChI=1S/C16H20ClNO3/c17-14-5-2-1-4-13(14)12-15(19)18-8-6-16(7-9-18)20-10-3-11-21-16/h1-2,4-5H,3,6-12H2. The predicted molar refractivity (Wildman–Crippen MR) is 80.2 cm³/mol. The molecule has 2 aliphatic heterocycles. The second-order valence-corrected chi connectivity index (χ2v) is 6.02. The predicted octanol–water partition coefficient (Wildman–Crippen LogP) is 2.64. The van der Waals surface area contributed by atoms with E-state index in [9.17, 15) is 4.79 Å². The summed E-state index contributed by atoms with van der Waals surface area (Å²) in [4.78, 5) is 14.3. The van der Waals surface area contributed by atoms with Crippen LogP contribution in [0.1, 0.15) is 24.8 Å². The molecule has 1 amide bonds. The summed E-state index contributed by atoms with van der Waals surface area (Å²) in [6.45, 7) is 2.88. The van der Waals surface area contributed by atoms with Crippen LogP contribution in [0.25, 0.3) is 0 Å². The molecule has 4 nitrogen and oxygen atoms in total. The van der Waals surface area contributed by atoms with Crippen molar-refractivity contribution in [1.29, 1.82) is 0 Å². The first-order valence-electron chi connectivity index (χ1n) is 7.48. The van der Waals surface area contributed by atoms with E-state index in [-0.39, 0.29) is 5.91 Å². The van der Waals surface area contributed by atoms with Crippen molar-refractivity contribution in [2.75, 3.05) is 26.3 Å². The molecule has 0 aliphatic carbocycles. The van der Waals surface area contributed by atoms with Gasteiger partial charge in [-0.1, -0.05) is 29.8 Å². The highest BCUT2D eigenvalue weighted by molar-refractivity contribution is 6.31. The van der Waals surface area contributed by atoms with Crippen LogP contribution in [0, 0.1) is 0 Å². The fourth-order valence-corrected chi connectivity index (χ4v) is 3.12. The molecule has 3 rings (SSSR count). The van der Waals surface area contributed by atoms with Gasteiger partial charge in [0.05, 0.1) is 19.6 Å². The monoisotopic (exact) mass is 309 g/mol. The molecule has 2 heterocycles.